The lowest BCUT2D eigenvalue weighted by molar-refractivity contribution is 0.628. The second kappa shape index (κ2) is 9.42. The van der Waals surface area contributed by atoms with E-state index in [1.165, 1.54) is 11.1 Å². The predicted octanol–water partition coefficient (Wildman–Crippen LogP) is 6.94. The Bertz CT molecular complexity index is 716. The number of hydrogen-bond donors (Lipinski definition) is 2. The Kier molecular flexibility index (Phi) is 7.55. The summed E-state index contributed by atoms with van der Waals surface area (Å²) in [5.74, 6) is 0.583. The molecule has 0 bridgehead atoms. The third kappa shape index (κ3) is 5.60. The van der Waals surface area contributed by atoms with Crippen LogP contribution < -0.4 is 10.6 Å². The summed E-state index contributed by atoms with van der Waals surface area (Å²) in [5.41, 5.74) is 3.42. The van der Waals surface area contributed by atoms with Gasteiger partial charge in [0, 0.05) is 5.69 Å². The van der Waals surface area contributed by atoms with E-state index in [0.717, 1.165) is 18.5 Å². The van der Waals surface area contributed by atoms with E-state index in [9.17, 15) is 0 Å². The SMILES string of the molecule is CCC(C)c1ccc(C(CC)NC(=S)Nc2ccc(Cl)c(Cl)c2)cc1. The zero-order chi connectivity index (χ0) is 18.4. The van der Waals surface area contributed by atoms with Gasteiger partial charge in [0.25, 0.3) is 0 Å². The van der Waals surface area contributed by atoms with E-state index in [2.05, 4.69) is 55.7 Å². The molecule has 5 heteroatoms. The molecule has 0 fully saturated rings. The summed E-state index contributed by atoms with van der Waals surface area (Å²) < 4.78 is 0. The zero-order valence-corrected chi connectivity index (χ0v) is 17.1. The Morgan fingerprint density at radius 1 is 0.960 bits per heavy atom. The topological polar surface area (TPSA) is 24.1 Å². The number of thiocarbonyl (C=S) groups is 1. The molecule has 0 spiro atoms. The first-order valence-electron chi connectivity index (χ1n) is 8.57. The first-order chi connectivity index (χ1) is 11.9. The first kappa shape index (κ1) is 20.0. The maximum atomic E-state index is 6.04. The Morgan fingerprint density at radius 3 is 2.16 bits per heavy atom. The van der Waals surface area contributed by atoms with Crippen LogP contribution in [0.15, 0.2) is 42.5 Å². The van der Waals surface area contributed by atoms with Crippen LogP contribution in [-0.2, 0) is 0 Å². The molecule has 2 atom stereocenters. The third-order valence-electron chi connectivity index (χ3n) is 4.41. The first-order valence-corrected chi connectivity index (χ1v) is 9.73. The van der Waals surface area contributed by atoms with Gasteiger partial charge in [-0.3, -0.25) is 0 Å². The van der Waals surface area contributed by atoms with Crippen LogP contribution in [0.4, 0.5) is 5.69 Å². The van der Waals surface area contributed by atoms with Crippen molar-refractivity contribution < 1.29 is 0 Å². The number of hydrogen-bond acceptors (Lipinski definition) is 1. The lowest BCUT2D eigenvalue weighted by Gasteiger charge is -2.21. The average Bonchev–Trinajstić information content (AvgIpc) is 2.62. The Balaban J connectivity index is 2.02. The molecular weight excluding hydrogens is 371 g/mol. The summed E-state index contributed by atoms with van der Waals surface area (Å²) >= 11 is 17.4. The van der Waals surface area contributed by atoms with Gasteiger partial charge in [-0.05, 0) is 60.3 Å². The van der Waals surface area contributed by atoms with Gasteiger partial charge < -0.3 is 10.6 Å². The summed E-state index contributed by atoms with van der Waals surface area (Å²) in [6, 6.07) is 14.3. The monoisotopic (exact) mass is 394 g/mol. The van der Waals surface area contributed by atoms with Crippen molar-refractivity contribution in [2.24, 2.45) is 0 Å². The van der Waals surface area contributed by atoms with Crippen LogP contribution in [0.2, 0.25) is 10.0 Å². The highest BCUT2D eigenvalue weighted by Gasteiger charge is 2.12. The molecule has 0 heterocycles. The summed E-state index contributed by atoms with van der Waals surface area (Å²) in [7, 11) is 0. The second-order valence-electron chi connectivity index (χ2n) is 6.16. The van der Waals surface area contributed by atoms with Crippen molar-refractivity contribution in [1.82, 2.24) is 5.32 Å². The fourth-order valence-corrected chi connectivity index (χ4v) is 3.17. The van der Waals surface area contributed by atoms with Crippen LogP contribution in [0, 0.1) is 0 Å². The normalized spacial score (nSPS) is 13.2. The molecule has 0 amide bonds. The Hall–Kier alpha value is -1.29. The molecule has 2 rings (SSSR count). The number of halogens is 2. The van der Waals surface area contributed by atoms with Crippen molar-refractivity contribution in [3.05, 3.63) is 63.6 Å². The molecular formula is C20H24Cl2N2S. The van der Waals surface area contributed by atoms with Crippen molar-refractivity contribution in [3.63, 3.8) is 0 Å². The second-order valence-corrected chi connectivity index (χ2v) is 7.39. The number of benzene rings is 2. The predicted molar refractivity (Wildman–Crippen MR) is 114 cm³/mol. The van der Waals surface area contributed by atoms with E-state index in [1.807, 2.05) is 6.07 Å². The molecule has 2 aromatic rings. The van der Waals surface area contributed by atoms with Gasteiger partial charge in [0.2, 0.25) is 0 Å². The van der Waals surface area contributed by atoms with Gasteiger partial charge in [-0.15, -0.1) is 0 Å². The molecule has 0 aliphatic carbocycles. The van der Waals surface area contributed by atoms with Crippen molar-refractivity contribution in [1.29, 1.82) is 0 Å². The van der Waals surface area contributed by atoms with Crippen LogP contribution in [0.3, 0.4) is 0 Å². The summed E-state index contributed by atoms with van der Waals surface area (Å²) in [4.78, 5) is 0. The minimum Gasteiger partial charge on any atom is -0.356 e. The summed E-state index contributed by atoms with van der Waals surface area (Å²) in [6.45, 7) is 6.60. The highest BCUT2D eigenvalue weighted by Crippen LogP contribution is 2.26. The quantitative estimate of drug-likeness (QED) is 0.518. The van der Waals surface area contributed by atoms with E-state index < -0.39 is 0 Å². The molecule has 2 unspecified atom stereocenters. The van der Waals surface area contributed by atoms with E-state index in [0.29, 0.717) is 21.1 Å². The van der Waals surface area contributed by atoms with Crippen LogP contribution in [0.1, 0.15) is 56.7 Å². The number of rotatable bonds is 6. The Morgan fingerprint density at radius 2 is 1.60 bits per heavy atom. The molecule has 2 N–H and O–H groups in total. The smallest absolute Gasteiger partial charge is 0.171 e. The molecule has 134 valence electrons. The van der Waals surface area contributed by atoms with Gasteiger partial charge in [-0.2, -0.15) is 0 Å². The molecule has 0 saturated carbocycles. The van der Waals surface area contributed by atoms with Crippen molar-refractivity contribution in [2.75, 3.05) is 5.32 Å². The molecule has 25 heavy (non-hydrogen) atoms. The fourth-order valence-electron chi connectivity index (χ4n) is 2.61. The van der Waals surface area contributed by atoms with Gasteiger partial charge >= 0.3 is 0 Å². The van der Waals surface area contributed by atoms with Crippen LogP contribution in [0.25, 0.3) is 0 Å². The highest BCUT2D eigenvalue weighted by atomic mass is 35.5. The van der Waals surface area contributed by atoms with Crippen molar-refractivity contribution in [3.8, 4) is 0 Å². The van der Waals surface area contributed by atoms with Gasteiger partial charge in [0.15, 0.2) is 5.11 Å². The summed E-state index contributed by atoms with van der Waals surface area (Å²) in [5, 5.41) is 8.13. The number of nitrogens with one attached hydrogen (secondary N) is 2. The average molecular weight is 395 g/mol. The standard InChI is InChI=1S/C20H24Cl2N2S/c1-4-13(3)14-6-8-15(9-7-14)19(5-2)24-20(25)23-16-10-11-17(21)18(22)12-16/h6-13,19H,4-5H2,1-3H3,(H2,23,24,25). The maximum Gasteiger partial charge on any atom is 0.171 e. The van der Waals surface area contributed by atoms with Gasteiger partial charge in [-0.1, -0.05) is 68.2 Å². The van der Waals surface area contributed by atoms with Crippen LogP contribution in [0.5, 0.6) is 0 Å². The Labute approximate surface area is 165 Å². The molecule has 2 nitrogen and oxygen atoms in total. The molecule has 2 aromatic carbocycles. The van der Waals surface area contributed by atoms with Gasteiger partial charge in [0.1, 0.15) is 0 Å². The van der Waals surface area contributed by atoms with E-state index in [4.69, 9.17) is 35.4 Å². The minimum absolute atomic E-state index is 0.161. The van der Waals surface area contributed by atoms with E-state index in [1.54, 1.807) is 12.1 Å². The van der Waals surface area contributed by atoms with Crippen molar-refractivity contribution >= 4 is 46.2 Å². The zero-order valence-electron chi connectivity index (χ0n) is 14.8. The molecule has 0 aliphatic rings. The minimum atomic E-state index is 0.161. The molecule has 0 aliphatic heterocycles. The van der Waals surface area contributed by atoms with E-state index in [-0.39, 0.29) is 6.04 Å². The summed E-state index contributed by atoms with van der Waals surface area (Å²) in [6.07, 6.45) is 2.08. The highest BCUT2D eigenvalue weighted by molar-refractivity contribution is 7.80. The third-order valence-corrected chi connectivity index (χ3v) is 5.37. The van der Waals surface area contributed by atoms with Crippen LogP contribution in [-0.4, -0.2) is 5.11 Å². The molecule has 0 aromatic heterocycles. The molecule has 0 saturated heterocycles. The van der Waals surface area contributed by atoms with Crippen LogP contribution >= 0.6 is 35.4 Å². The lowest BCUT2D eigenvalue weighted by atomic mass is 9.95. The molecule has 0 radical (unpaired) electrons. The van der Waals surface area contributed by atoms with Gasteiger partial charge in [0.05, 0.1) is 16.1 Å². The van der Waals surface area contributed by atoms with Crippen molar-refractivity contribution in [2.45, 2.75) is 45.6 Å². The largest absolute Gasteiger partial charge is 0.356 e. The maximum absolute atomic E-state index is 6.04. The van der Waals surface area contributed by atoms with E-state index >= 15 is 0 Å². The van der Waals surface area contributed by atoms with Gasteiger partial charge in [-0.25, -0.2) is 0 Å². The number of anilines is 1. The lowest BCUT2D eigenvalue weighted by Crippen LogP contribution is -2.32. The fraction of sp³-hybridized carbons (Fsp3) is 0.350.